The van der Waals surface area contributed by atoms with Crippen molar-refractivity contribution in [3.05, 3.63) is 54.2 Å². The van der Waals surface area contributed by atoms with Crippen LogP contribution in [0.4, 0.5) is 5.69 Å². The van der Waals surface area contributed by atoms with Crippen molar-refractivity contribution < 1.29 is 24.1 Å². The second-order valence-electron chi connectivity index (χ2n) is 8.87. The number of carbonyl (C=O) groups is 1. The maximum absolute atomic E-state index is 11.6. The van der Waals surface area contributed by atoms with E-state index in [-0.39, 0.29) is 12.5 Å². The van der Waals surface area contributed by atoms with E-state index >= 15 is 0 Å². The molecule has 1 unspecified atom stereocenters. The van der Waals surface area contributed by atoms with Gasteiger partial charge in [0.1, 0.15) is 11.5 Å². The summed E-state index contributed by atoms with van der Waals surface area (Å²) in [5.74, 6) is 2.31. The zero-order chi connectivity index (χ0) is 23.5. The monoisotopic (exact) mass is 463 g/mol. The number of rotatable bonds is 7. The number of hydrogen-bond donors (Lipinski definition) is 2. The van der Waals surface area contributed by atoms with E-state index in [4.69, 9.17) is 14.2 Å². The number of aromatic nitrogens is 1. The Morgan fingerprint density at radius 3 is 2.88 bits per heavy atom. The van der Waals surface area contributed by atoms with Crippen molar-refractivity contribution in [3.63, 3.8) is 0 Å². The van der Waals surface area contributed by atoms with Crippen molar-refractivity contribution in [2.75, 3.05) is 45.3 Å². The van der Waals surface area contributed by atoms with Gasteiger partial charge in [0, 0.05) is 18.1 Å². The SMILES string of the molecule is COc1ccc2ccnc(OCC3CCN(CC(O)c4ccc5c(c4)NC(=O)CO5)CC3)c2c1. The Morgan fingerprint density at radius 2 is 2.06 bits per heavy atom. The third kappa shape index (κ3) is 4.93. The van der Waals surface area contributed by atoms with Crippen LogP contribution in [-0.2, 0) is 4.79 Å². The molecule has 2 aliphatic rings. The van der Waals surface area contributed by atoms with Crippen molar-refractivity contribution in [1.82, 2.24) is 9.88 Å². The number of pyridine rings is 1. The van der Waals surface area contributed by atoms with Crippen LogP contribution in [0.15, 0.2) is 48.7 Å². The summed E-state index contributed by atoms with van der Waals surface area (Å²) in [5, 5.41) is 15.6. The van der Waals surface area contributed by atoms with Gasteiger partial charge in [0.15, 0.2) is 6.61 Å². The lowest BCUT2D eigenvalue weighted by Gasteiger charge is -2.33. The van der Waals surface area contributed by atoms with Crippen molar-refractivity contribution >= 4 is 22.4 Å². The zero-order valence-electron chi connectivity index (χ0n) is 19.2. The highest BCUT2D eigenvalue weighted by Gasteiger charge is 2.24. The third-order valence-electron chi connectivity index (χ3n) is 6.55. The molecule has 1 saturated heterocycles. The Morgan fingerprint density at radius 1 is 1.21 bits per heavy atom. The Bertz CT molecular complexity index is 1180. The average molecular weight is 464 g/mol. The van der Waals surface area contributed by atoms with E-state index in [1.165, 1.54) is 0 Å². The van der Waals surface area contributed by atoms with Gasteiger partial charge in [-0.2, -0.15) is 0 Å². The molecule has 0 radical (unpaired) electrons. The van der Waals surface area contributed by atoms with Gasteiger partial charge in [0.25, 0.3) is 5.91 Å². The second kappa shape index (κ2) is 9.87. The summed E-state index contributed by atoms with van der Waals surface area (Å²) < 4.78 is 16.9. The summed E-state index contributed by atoms with van der Waals surface area (Å²) in [6, 6.07) is 13.3. The molecule has 1 fully saturated rings. The molecule has 2 N–H and O–H groups in total. The van der Waals surface area contributed by atoms with E-state index in [0.29, 0.717) is 36.4 Å². The first-order valence-electron chi connectivity index (χ1n) is 11.6. The molecular formula is C26H29N3O5. The third-order valence-corrected chi connectivity index (χ3v) is 6.55. The zero-order valence-corrected chi connectivity index (χ0v) is 19.2. The van der Waals surface area contributed by atoms with Crippen molar-refractivity contribution in [3.8, 4) is 17.4 Å². The first-order chi connectivity index (χ1) is 16.6. The Balaban J connectivity index is 1.13. The number of β-amino-alcohol motifs (C(OH)–C–C–N with tert-alkyl or cyclic N) is 1. The van der Waals surface area contributed by atoms with Gasteiger partial charge in [-0.3, -0.25) is 4.79 Å². The molecule has 8 heteroatoms. The lowest BCUT2D eigenvalue weighted by Crippen LogP contribution is -2.38. The molecule has 0 bridgehead atoms. The van der Waals surface area contributed by atoms with Gasteiger partial charge in [-0.15, -0.1) is 0 Å². The van der Waals surface area contributed by atoms with Crippen LogP contribution in [0.2, 0.25) is 0 Å². The summed E-state index contributed by atoms with van der Waals surface area (Å²) in [4.78, 5) is 18.3. The number of anilines is 1. The highest BCUT2D eigenvalue weighted by molar-refractivity contribution is 5.95. The molecule has 0 spiro atoms. The number of fused-ring (bicyclic) bond motifs is 2. The largest absolute Gasteiger partial charge is 0.497 e. The molecule has 178 valence electrons. The smallest absolute Gasteiger partial charge is 0.262 e. The van der Waals surface area contributed by atoms with Gasteiger partial charge in [-0.1, -0.05) is 12.1 Å². The standard InChI is InChI=1S/C26H29N3O5/c1-32-20-4-2-18-6-9-27-26(21(18)13-20)34-15-17-7-10-29(11-8-17)14-23(30)19-3-5-24-22(12-19)28-25(31)16-33-24/h2-6,9,12-13,17,23,30H,7-8,10-11,14-16H2,1H3,(H,28,31). The molecule has 8 nitrogen and oxygen atoms in total. The van der Waals surface area contributed by atoms with Crippen molar-refractivity contribution in [2.45, 2.75) is 18.9 Å². The fourth-order valence-corrected chi connectivity index (χ4v) is 4.55. The minimum atomic E-state index is -0.633. The summed E-state index contributed by atoms with van der Waals surface area (Å²) in [5.41, 5.74) is 1.38. The van der Waals surface area contributed by atoms with Crippen LogP contribution in [0.3, 0.4) is 0 Å². The second-order valence-corrected chi connectivity index (χ2v) is 8.87. The number of ether oxygens (including phenoxy) is 3. The van der Waals surface area contributed by atoms with E-state index < -0.39 is 6.10 Å². The fourth-order valence-electron chi connectivity index (χ4n) is 4.55. The fraction of sp³-hybridized carbons (Fsp3) is 0.385. The van der Waals surface area contributed by atoms with Crippen molar-refractivity contribution in [2.24, 2.45) is 5.92 Å². The topological polar surface area (TPSA) is 93.2 Å². The van der Waals surface area contributed by atoms with E-state index in [1.807, 2.05) is 30.3 Å². The summed E-state index contributed by atoms with van der Waals surface area (Å²) in [6.45, 7) is 2.98. The van der Waals surface area contributed by atoms with Gasteiger partial charge in [-0.05, 0) is 73.1 Å². The Kier molecular flexibility index (Phi) is 6.51. The number of methoxy groups -OCH3 is 1. The minimum absolute atomic E-state index is 0.0261. The van der Waals surface area contributed by atoms with Crippen LogP contribution in [0, 0.1) is 5.92 Å². The van der Waals surface area contributed by atoms with Gasteiger partial charge >= 0.3 is 0 Å². The van der Waals surface area contributed by atoms with E-state index in [9.17, 15) is 9.90 Å². The van der Waals surface area contributed by atoms with Crippen LogP contribution in [0.1, 0.15) is 24.5 Å². The van der Waals surface area contributed by atoms with Crippen LogP contribution in [0.5, 0.6) is 17.4 Å². The number of nitrogens with zero attached hydrogens (tertiary/aromatic N) is 2. The predicted molar refractivity (Wildman–Crippen MR) is 128 cm³/mol. The highest BCUT2D eigenvalue weighted by atomic mass is 16.5. The van der Waals surface area contributed by atoms with E-state index in [0.717, 1.165) is 48.0 Å². The molecule has 3 heterocycles. The van der Waals surface area contributed by atoms with Crippen molar-refractivity contribution in [1.29, 1.82) is 0 Å². The first kappa shape index (κ1) is 22.4. The maximum atomic E-state index is 11.6. The summed E-state index contributed by atoms with van der Waals surface area (Å²) >= 11 is 0. The molecular weight excluding hydrogens is 434 g/mol. The summed E-state index contributed by atoms with van der Waals surface area (Å²) in [6.07, 6.45) is 3.13. The predicted octanol–water partition coefficient (Wildman–Crippen LogP) is 3.40. The van der Waals surface area contributed by atoms with Crippen LogP contribution >= 0.6 is 0 Å². The molecule has 34 heavy (non-hydrogen) atoms. The number of hydrogen-bond acceptors (Lipinski definition) is 7. The number of carbonyl (C=O) groups excluding carboxylic acids is 1. The highest BCUT2D eigenvalue weighted by Crippen LogP contribution is 2.32. The number of aliphatic hydroxyl groups excluding tert-OH is 1. The number of benzene rings is 2. The normalized spacial score (nSPS) is 17.5. The minimum Gasteiger partial charge on any atom is -0.497 e. The number of piperidine rings is 1. The number of amides is 1. The van der Waals surface area contributed by atoms with Gasteiger partial charge < -0.3 is 29.5 Å². The quantitative estimate of drug-likeness (QED) is 0.555. The average Bonchev–Trinajstić information content (AvgIpc) is 2.87. The van der Waals surface area contributed by atoms with E-state index in [1.54, 1.807) is 25.4 Å². The molecule has 2 aliphatic heterocycles. The molecule has 5 rings (SSSR count). The van der Waals surface area contributed by atoms with Gasteiger partial charge in [-0.25, -0.2) is 4.98 Å². The van der Waals surface area contributed by atoms with Crippen LogP contribution in [0.25, 0.3) is 10.8 Å². The molecule has 0 aliphatic carbocycles. The maximum Gasteiger partial charge on any atom is 0.262 e. The lowest BCUT2D eigenvalue weighted by atomic mass is 9.97. The summed E-state index contributed by atoms with van der Waals surface area (Å²) in [7, 11) is 1.65. The molecule has 2 aromatic carbocycles. The molecule has 1 atom stereocenters. The lowest BCUT2D eigenvalue weighted by molar-refractivity contribution is -0.118. The Labute approximate surface area is 198 Å². The van der Waals surface area contributed by atoms with E-state index in [2.05, 4.69) is 15.2 Å². The molecule has 1 amide bonds. The Hall–Kier alpha value is -3.36. The number of likely N-dealkylation sites (tertiary alicyclic amines) is 1. The number of nitrogens with one attached hydrogen (secondary N) is 1. The van der Waals surface area contributed by atoms with Crippen LogP contribution in [-0.4, -0.2) is 60.9 Å². The van der Waals surface area contributed by atoms with Gasteiger partial charge in [0.05, 0.1) is 25.5 Å². The molecule has 0 saturated carbocycles. The number of aliphatic hydroxyl groups is 1. The van der Waals surface area contributed by atoms with Crippen LogP contribution < -0.4 is 19.5 Å². The van der Waals surface area contributed by atoms with Gasteiger partial charge in [0.2, 0.25) is 5.88 Å². The molecule has 3 aromatic rings. The first-order valence-corrected chi connectivity index (χ1v) is 11.6. The molecule has 1 aromatic heterocycles.